The molecule has 0 radical (unpaired) electrons. The Morgan fingerprint density at radius 2 is 1.68 bits per heavy atom. The van der Waals surface area contributed by atoms with E-state index in [2.05, 4.69) is 23.2 Å². The fourth-order valence-electron chi connectivity index (χ4n) is 4.08. The zero-order valence-corrected chi connectivity index (χ0v) is 18.5. The Morgan fingerprint density at radius 1 is 0.903 bits per heavy atom. The van der Waals surface area contributed by atoms with Gasteiger partial charge in [0.25, 0.3) is 0 Å². The number of rotatable bonds is 4. The van der Waals surface area contributed by atoms with Crippen LogP contribution in [0.5, 0.6) is 0 Å². The van der Waals surface area contributed by atoms with Gasteiger partial charge in [0.2, 0.25) is 10.0 Å². The van der Waals surface area contributed by atoms with Gasteiger partial charge in [-0.3, -0.25) is 4.98 Å². The lowest BCUT2D eigenvalue weighted by Gasteiger charge is -2.29. The summed E-state index contributed by atoms with van der Waals surface area (Å²) in [6.45, 7) is 0.353. The topological polar surface area (TPSA) is 50.3 Å². The third kappa shape index (κ3) is 3.99. The highest BCUT2D eigenvalue weighted by atomic mass is 32.2. The fourth-order valence-corrected chi connectivity index (χ4v) is 7.11. The summed E-state index contributed by atoms with van der Waals surface area (Å²) in [5, 5.41) is 0.827. The summed E-state index contributed by atoms with van der Waals surface area (Å²) in [5.41, 5.74) is 2.70. The molecule has 4 aromatic rings. The van der Waals surface area contributed by atoms with E-state index in [0.29, 0.717) is 24.2 Å². The van der Waals surface area contributed by atoms with E-state index in [0.717, 1.165) is 21.4 Å². The molecule has 156 valence electrons. The minimum atomic E-state index is -3.77. The minimum Gasteiger partial charge on any atom is -0.255 e. The van der Waals surface area contributed by atoms with Crippen LogP contribution < -0.4 is 0 Å². The summed E-state index contributed by atoms with van der Waals surface area (Å²) < 4.78 is 29.8. The van der Waals surface area contributed by atoms with Crippen LogP contribution in [0.4, 0.5) is 0 Å². The van der Waals surface area contributed by atoms with Gasteiger partial charge in [-0.2, -0.15) is 4.31 Å². The number of nitrogens with zero attached hydrogens (tertiary/aromatic N) is 2. The van der Waals surface area contributed by atoms with E-state index < -0.39 is 10.0 Å². The summed E-state index contributed by atoms with van der Waals surface area (Å²) in [6.07, 6.45) is 2.32. The lowest BCUT2D eigenvalue weighted by Crippen LogP contribution is -2.41. The van der Waals surface area contributed by atoms with E-state index in [9.17, 15) is 8.42 Å². The van der Waals surface area contributed by atoms with E-state index in [1.165, 1.54) is 0 Å². The van der Waals surface area contributed by atoms with Gasteiger partial charge in [-0.05, 0) is 35.7 Å². The van der Waals surface area contributed by atoms with Crippen LogP contribution in [0.15, 0.2) is 101 Å². The summed E-state index contributed by atoms with van der Waals surface area (Å²) in [5.74, 6) is 0.698. The first-order valence-corrected chi connectivity index (χ1v) is 12.7. The summed E-state index contributed by atoms with van der Waals surface area (Å²) in [4.78, 5) is 5.83. The fraction of sp³-hybridized carbons (Fsp3) is 0.160. The molecule has 1 aliphatic rings. The molecular weight excluding hydrogens is 424 g/mol. The number of hydrogen-bond acceptors (Lipinski definition) is 4. The molecule has 1 aromatic heterocycles. The van der Waals surface area contributed by atoms with E-state index >= 15 is 0 Å². The molecule has 0 spiro atoms. The SMILES string of the molecule is O=S(=O)(c1cccc2cccnc12)N1Cc2ccccc2SC[C@H]1Cc1ccccc1. The molecule has 0 bridgehead atoms. The van der Waals surface area contributed by atoms with Crippen molar-refractivity contribution >= 4 is 32.7 Å². The Morgan fingerprint density at radius 3 is 2.55 bits per heavy atom. The third-order valence-corrected chi connectivity index (χ3v) is 8.82. The number of benzene rings is 3. The minimum absolute atomic E-state index is 0.163. The average Bonchev–Trinajstić information content (AvgIpc) is 2.99. The van der Waals surface area contributed by atoms with Crippen molar-refractivity contribution in [2.45, 2.75) is 28.8 Å². The van der Waals surface area contributed by atoms with Crippen molar-refractivity contribution < 1.29 is 8.42 Å². The van der Waals surface area contributed by atoms with E-state index in [4.69, 9.17) is 0 Å². The van der Waals surface area contributed by atoms with Crippen LogP contribution in [0.2, 0.25) is 0 Å². The van der Waals surface area contributed by atoms with Gasteiger partial charge < -0.3 is 0 Å². The molecule has 5 rings (SSSR count). The second-order valence-electron chi connectivity index (χ2n) is 7.64. The van der Waals surface area contributed by atoms with Crippen molar-refractivity contribution in [3.63, 3.8) is 0 Å². The first-order valence-electron chi connectivity index (χ1n) is 10.2. The third-order valence-electron chi connectivity index (χ3n) is 5.63. The molecule has 0 N–H and O–H groups in total. The van der Waals surface area contributed by atoms with Gasteiger partial charge in [-0.15, -0.1) is 11.8 Å². The Labute approximate surface area is 187 Å². The monoisotopic (exact) mass is 446 g/mol. The normalized spacial score (nSPS) is 17.2. The van der Waals surface area contributed by atoms with E-state index in [1.54, 1.807) is 34.4 Å². The molecule has 4 nitrogen and oxygen atoms in total. The number of hydrogen-bond donors (Lipinski definition) is 0. The smallest absolute Gasteiger partial charge is 0.245 e. The molecule has 1 aliphatic heterocycles. The number of fused-ring (bicyclic) bond motifs is 2. The highest BCUT2D eigenvalue weighted by molar-refractivity contribution is 7.99. The maximum Gasteiger partial charge on any atom is 0.245 e. The Balaban J connectivity index is 1.62. The number of thioether (sulfide) groups is 1. The molecule has 1 atom stereocenters. The van der Waals surface area contributed by atoms with Gasteiger partial charge in [0.1, 0.15) is 4.90 Å². The lowest BCUT2D eigenvalue weighted by molar-refractivity contribution is 0.334. The second-order valence-corrected chi connectivity index (χ2v) is 10.6. The van der Waals surface area contributed by atoms with E-state index in [1.807, 2.05) is 54.6 Å². The van der Waals surface area contributed by atoms with Gasteiger partial charge in [-0.1, -0.05) is 66.7 Å². The quantitative estimate of drug-likeness (QED) is 0.435. The molecule has 6 heteroatoms. The molecule has 0 saturated heterocycles. The summed E-state index contributed by atoms with van der Waals surface area (Å²) >= 11 is 1.73. The highest BCUT2D eigenvalue weighted by Gasteiger charge is 2.35. The van der Waals surface area contributed by atoms with Crippen LogP contribution in [0.25, 0.3) is 10.9 Å². The van der Waals surface area contributed by atoms with Crippen molar-refractivity contribution in [3.05, 3.63) is 102 Å². The molecule has 0 amide bonds. The van der Waals surface area contributed by atoms with Gasteiger partial charge in [0.15, 0.2) is 0 Å². The van der Waals surface area contributed by atoms with Crippen molar-refractivity contribution in [1.82, 2.24) is 9.29 Å². The Bertz CT molecular complexity index is 1320. The largest absolute Gasteiger partial charge is 0.255 e. The summed E-state index contributed by atoms with van der Waals surface area (Å²) in [6, 6.07) is 27.1. The first-order chi connectivity index (χ1) is 15.1. The van der Waals surface area contributed by atoms with Crippen molar-refractivity contribution in [2.75, 3.05) is 5.75 Å². The van der Waals surface area contributed by atoms with Crippen LogP contribution in [0.1, 0.15) is 11.1 Å². The van der Waals surface area contributed by atoms with Crippen LogP contribution in [0.3, 0.4) is 0 Å². The zero-order valence-electron chi connectivity index (χ0n) is 16.9. The number of sulfonamides is 1. The van der Waals surface area contributed by atoms with Crippen molar-refractivity contribution in [3.8, 4) is 0 Å². The highest BCUT2D eigenvalue weighted by Crippen LogP contribution is 2.35. The molecule has 2 heterocycles. The van der Waals surface area contributed by atoms with Crippen molar-refractivity contribution in [1.29, 1.82) is 0 Å². The molecule has 3 aromatic carbocycles. The molecule has 0 fully saturated rings. The van der Waals surface area contributed by atoms with Crippen LogP contribution in [-0.4, -0.2) is 29.5 Å². The second kappa shape index (κ2) is 8.46. The Hall–Kier alpha value is -2.67. The lowest BCUT2D eigenvalue weighted by atomic mass is 10.1. The van der Waals surface area contributed by atoms with Gasteiger partial charge in [0, 0.05) is 34.8 Å². The maximum absolute atomic E-state index is 14.0. The van der Waals surface area contributed by atoms with Crippen molar-refractivity contribution in [2.24, 2.45) is 0 Å². The number of pyridine rings is 1. The Kier molecular flexibility index (Phi) is 5.52. The molecular formula is C25H22N2O2S2. The van der Waals surface area contributed by atoms with Gasteiger partial charge in [-0.25, -0.2) is 8.42 Å². The predicted octanol–water partition coefficient (Wildman–Crippen LogP) is 5.14. The van der Waals surface area contributed by atoms with Crippen LogP contribution >= 0.6 is 11.8 Å². The van der Waals surface area contributed by atoms with Crippen LogP contribution in [-0.2, 0) is 23.0 Å². The van der Waals surface area contributed by atoms with Gasteiger partial charge >= 0.3 is 0 Å². The zero-order chi connectivity index (χ0) is 21.3. The number of para-hydroxylation sites is 1. The van der Waals surface area contributed by atoms with Gasteiger partial charge in [0.05, 0.1) is 5.52 Å². The maximum atomic E-state index is 14.0. The molecule has 0 unspecified atom stereocenters. The predicted molar refractivity (Wildman–Crippen MR) is 126 cm³/mol. The van der Waals surface area contributed by atoms with Crippen LogP contribution in [0, 0.1) is 0 Å². The molecule has 0 saturated carbocycles. The molecule has 0 aliphatic carbocycles. The number of aromatic nitrogens is 1. The molecule has 31 heavy (non-hydrogen) atoms. The summed E-state index contributed by atoms with van der Waals surface area (Å²) in [7, 11) is -3.77. The van der Waals surface area contributed by atoms with E-state index in [-0.39, 0.29) is 10.9 Å². The average molecular weight is 447 g/mol. The first kappa shape index (κ1) is 20.2. The standard InChI is InChI=1S/C25H22N2O2S2/c28-31(29,24-14-6-11-20-12-7-15-26-25(20)24)27-17-21-10-4-5-13-23(21)30-18-22(27)16-19-8-2-1-3-9-19/h1-15,22H,16-18H2/t22-/m1/s1.